The van der Waals surface area contributed by atoms with E-state index in [0.29, 0.717) is 12.1 Å². The van der Waals surface area contributed by atoms with Crippen molar-refractivity contribution < 1.29 is 18.0 Å². The van der Waals surface area contributed by atoms with E-state index in [9.17, 15) is 18.0 Å². The molecule has 7 nitrogen and oxygen atoms in total. The molecule has 1 aliphatic rings. The molecule has 0 saturated heterocycles. The van der Waals surface area contributed by atoms with E-state index in [1.54, 1.807) is 29.2 Å². The fourth-order valence-electron chi connectivity index (χ4n) is 5.48. The van der Waals surface area contributed by atoms with Crippen molar-refractivity contribution in [3.05, 3.63) is 95.1 Å². The first-order chi connectivity index (χ1) is 19.6. The van der Waals surface area contributed by atoms with E-state index in [4.69, 9.17) is 0 Å². The summed E-state index contributed by atoms with van der Waals surface area (Å²) in [6.07, 6.45) is 4.43. The van der Waals surface area contributed by atoms with Gasteiger partial charge in [-0.25, -0.2) is 8.42 Å². The first-order valence-corrected chi connectivity index (χ1v) is 15.8. The van der Waals surface area contributed by atoms with E-state index in [-0.39, 0.29) is 23.4 Å². The van der Waals surface area contributed by atoms with Crippen molar-refractivity contribution in [1.29, 1.82) is 0 Å². The summed E-state index contributed by atoms with van der Waals surface area (Å²) in [5.74, 6) is -0.618. The monoisotopic (exact) mass is 575 g/mol. The molecule has 0 radical (unpaired) electrons. The van der Waals surface area contributed by atoms with Gasteiger partial charge in [0.05, 0.1) is 10.6 Å². The Bertz CT molecular complexity index is 1470. The third kappa shape index (κ3) is 7.17. The first kappa shape index (κ1) is 30.3. The Kier molecular flexibility index (Phi) is 9.86. The third-order valence-corrected chi connectivity index (χ3v) is 9.71. The highest BCUT2D eigenvalue weighted by molar-refractivity contribution is 7.92. The summed E-state index contributed by atoms with van der Waals surface area (Å²) in [4.78, 5) is 29.5. The lowest BCUT2D eigenvalue weighted by Gasteiger charge is -2.34. The predicted molar refractivity (Wildman–Crippen MR) is 163 cm³/mol. The van der Waals surface area contributed by atoms with E-state index in [0.717, 1.165) is 47.9 Å². The van der Waals surface area contributed by atoms with Crippen LogP contribution in [0.5, 0.6) is 0 Å². The summed E-state index contributed by atoms with van der Waals surface area (Å²) >= 11 is 0. The number of hydrogen-bond acceptors (Lipinski definition) is 4. The van der Waals surface area contributed by atoms with Gasteiger partial charge in [0, 0.05) is 12.6 Å². The molecular formula is C33H41N3O4S. The molecule has 1 aliphatic carbocycles. The number of carbonyl (C=O) groups excluding carboxylic acids is 2. The minimum atomic E-state index is -4.09. The van der Waals surface area contributed by atoms with Crippen LogP contribution >= 0.6 is 0 Å². The van der Waals surface area contributed by atoms with Crippen LogP contribution in [0.15, 0.2) is 77.7 Å². The first-order valence-electron chi connectivity index (χ1n) is 14.4. The Morgan fingerprint density at radius 1 is 0.902 bits per heavy atom. The maximum atomic E-state index is 14.3. The molecule has 2 amide bonds. The molecular weight excluding hydrogens is 534 g/mol. The van der Waals surface area contributed by atoms with Crippen molar-refractivity contribution in [1.82, 2.24) is 10.2 Å². The zero-order valence-corrected chi connectivity index (χ0v) is 25.3. The van der Waals surface area contributed by atoms with E-state index in [1.807, 2.05) is 64.1 Å². The highest BCUT2D eigenvalue weighted by Crippen LogP contribution is 2.29. The number of benzene rings is 3. The van der Waals surface area contributed by atoms with Crippen LogP contribution < -0.4 is 9.62 Å². The second-order valence-corrected chi connectivity index (χ2v) is 12.8. The van der Waals surface area contributed by atoms with Crippen LogP contribution in [0, 0.1) is 20.8 Å². The molecule has 218 valence electrons. The molecule has 1 N–H and O–H groups in total. The van der Waals surface area contributed by atoms with Gasteiger partial charge >= 0.3 is 0 Å². The van der Waals surface area contributed by atoms with E-state index in [1.165, 1.54) is 16.4 Å². The van der Waals surface area contributed by atoms with Crippen LogP contribution in [0.4, 0.5) is 5.69 Å². The average Bonchev–Trinajstić information content (AvgIpc) is 3.47. The SMILES string of the molecule is CC[C@H](C(=O)NC1CCCC1)N(Cc1ccccc1C)C(=O)CN(c1cc(C)ccc1C)S(=O)(=O)c1ccccc1. The Morgan fingerprint density at radius 2 is 1.56 bits per heavy atom. The third-order valence-electron chi connectivity index (χ3n) is 7.93. The molecule has 3 aromatic rings. The van der Waals surface area contributed by atoms with Gasteiger partial charge in [-0.05, 0) is 80.5 Å². The van der Waals surface area contributed by atoms with Crippen LogP contribution in [-0.2, 0) is 26.2 Å². The molecule has 1 fully saturated rings. The molecule has 1 saturated carbocycles. The van der Waals surface area contributed by atoms with Gasteiger partial charge in [-0.2, -0.15) is 0 Å². The normalized spacial score (nSPS) is 14.4. The lowest BCUT2D eigenvalue weighted by Crippen LogP contribution is -2.53. The Morgan fingerprint density at radius 3 is 2.22 bits per heavy atom. The number of carbonyl (C=O) groups is 2. The van der Waals surface area contributed by atoms with Crippen LogP contribution in [-0.4, -0.2) is 43.8 Å². The lowest BCUT2D eigenvalue weighted by atomic mass is 10.1. The summed E-state index contributed by atoms with van der Waals surface area (Å²) in [7, 11) is -4.09. The number of rotatable bonds is 11. The largest absolute Gasteiger partial charge is 0.352 e. The standard InChI is InChI=1S/C33H41N3O4S/c1-5-30(33(38)34-28-15-11-12-16-28)35(22-27-14-10-9-13-25(27)3)32(37)23-36(31-21-24(2)19-20-26(31)4)41(39,40)29-17-7-6-8-18-29/h6-10,13-14,17-21,28,30H,5,11-12,15-16,22-23H2,1-4H3,(H,34,38)/t30-/m1/s1. The van der Waals surface area contributed by atoms with E-state index < -0.39 is 28.5 Å². The summed E-state index contributed by atoms with van der Waals surface area (Å²) < 4.78 is 29.3. The van der Waals surface area contributed by atoms with Crippen molar-refractivity contribution in [3.8, 4) is 0 Å². The number of aryl methyl sites for hydroxylation is 3. The zero-order chi connectivity index (χ0) is 29.6. The summed E-state index contributed by atoms with van der Waals surface area (Å²) in [5, 5.41) is 3.16. The average molecular weight is 576 g/mol. The van der Waals surface area contributed by atoms with Crippen LogP contribution in [0.2, 0.25) is 0 Å². The molecule has 1 atom stereocenters. The van der Waals surface area contributed by atoms with Gasteiger partial charge in [0.2, 0.25) is 11.8 Å². The molecule has 0 unspecified atom stereocenters. The Balaban J connectivity index is 1.75. The maximum Gasteiger partial charge on any atom is 0.264 e. The zero-order valence-electron chi connectivity index (χ0n) is 24.5. The number of sulfonamides is 1. The molecule has 3 aromatic carbocycles. The molecule has 4 rings (SSSR count). The second kappa shape index (κ2) is 13.3. The summed E-state index contributed by atoms with van der Waals surface area (Å²) in [6, 6.07) is 20.9. The topological polar surface area (TPSA) is 86.8 Å². The summed E-state index contributed by atoms with van der Waals surface area (Å²) in [5.41, 5.74) is 3.98. The Labute approximate surface area is 244 Å². The molecule has 8 heteroatoms. The van der Waals surface area contributed by atoms with Crippen LogP contribution in [0.25, 0.3) is 0 Å². The minimum Gasteiger partial charge on any atom is -0.352 e. The van der Waals surface area contributed by atoms with Crippen molar-refractivity contribution in [2.24, 2.45) is 0 Å². The fraction of sp³-hybridized carbons (Fsp3) is 0.394. The molecule has 0 spiro atoms. The number of nitrogens with zero attached hydrogens (tertiary/aromatic N) is 2. The smallest absolute Gasteiger partial charge is 0.264 e. The second-order valence-electron chi connectivity index (χ2n) is 11.0. The van der Waals surface area contributed by atoms with Crippen LogP contribution in [0.3, 0.4) is 0 Å². The fourth-order valence-corrected chi connectivity index (χ4v) is 6.97. The number of anilines is 1. The molecule has 0 heterocycles. The van der Waals surface area contributed by atoms with Gasteiger partial charge in [-0.3, -0.25) is 13.9 Å². The van der Waals surface area contributed by atoms with Gasteiger partial charge in [0.15, 0.2) is 0 Å². The van der Waals surface area contributed by atoms with Gasteiger partial charge in [0.25, 0.3) is 10.0 Å². The molecule has 0 aromatic heterocycles. The van der Waals surface area contributed by atoms with E-state index in [2.05, 4.69) is 5.32 Å². The van der Waals surface area contributed by atoms with Gasteiger partial charge in [-0.15, -0.1) is 0 Å². The molecule has 41 heavy (non-hydrogen) atoms. The van der Waals surface area contributed by atoms with Gasteiger partial charge in [0.1, 0.15) is 12.6 Å². The molecule has 0 aliphatic heterocycles. The molecule has 0 bridgehead atoms. The number of nitrogens with one attached hydrogen (secondary N) is 1. The van der Waals surface area contributed by atoms with Crippen molar-refractivity contribution in [3.63, 3.8) is 0 Å². The highest BCUT2D eigenvalue weighted by Gasteiger charge is 2.35. The van der Waals surface area contributed by atoms with Gasteiger partial charge < -0.3 is 10.2 Å². The van der Waals surface area contributed by atoms with Crippen LogP contribution in [0.1, 0.15) is 61.3 Å². The summed E-state index contributed by atoms with van der Waals surface area (Å²) in [6.45, 7) is 7.36. The van der Waals surface area contributed by atoms with Crippen molar-refractivity contribution in [2.45, 2.75) is 83.3 Å². The number of amides is 2. The minimum absolute atomic E-state index is 0.102. The predicted octanol–water partition coefficient (Wildman–Crippen LogP) is 5.67. The maximum absolute atomic E-state index is 14.3. The highest BCUT2D eigenvalue weighted by atomic mass is 32.2. The van der Waals surface area contributed by atoms with Gasteiger partial charge in [-0.1, -0.05) is 74.4 Å². The lowest BCUT2D eigenvalue weighted by molar-refractivity contribution is -0.140. The van der Waals surface area contributed by atoms with E-state index >= 15 is 0 Å². The Hall–Kier alpha value is -3.65. The van der Waals surface area contributed by atoms with Crippen molar-refractivity contribution in [2.75, 3.05) is 10.8 Å². The quantitative estimate of drug-likeness (QED) is 0.319. The number of hydrogen-bond donors (Lipinski definition) is 1. The van der Waals surface area contributed by atoms with Crippen molar-refractivity contribution >= 4 is 27.5 Å².